The third-order valence-electron chi connectivity index (χ3n) is 4.28. The van der Waals surface area contributed by atoms with E-state index in [1.165, 1.54) is 4.90 Å². The van der Waals surface area contributed by atoms with Crippen molar-refractivity contribution in [3.63, 3.8) is 0 Å². The number of carbonyl (C=O) groups excluding carboxylic acids is 3. The largest absolute Gasteiger partial charge is 0.444 e. The van der Waals surface area contributed by atoms with Gasteiger partial charge in [-0.1, -0.05) is 18.2 Å². The van der Waals surface area contributed by atoms with E-state index in [2.05, 4.69) is 5.32 Å². The van der Waals surface area contributed by atoms with Gasteiger partial charge in [-0.3, -0.25) is 19.8 Å². The number of anilines is 1. The maximum atomic E-state index is 12.5. The van der Waals surface area contributed by atoms with Crippen molar-refractivity contribution >= 4 is 23.6 Å². The maximum absolute atomic E-state index is 12.5. The summed E-state index contributed by atoms with van der Waals surface area (Å²) < 4.78 is 5.28. The Hall–Kier alpha value is -3.15. The second-order valence-electron chi connectivity index (χ2n) is 7.89. The fraction of sp³-hybridized carbons (Fsp3) is 0.318. The number of rotatable bonds is 4. The molecule has 0 spiro atoms. The highest BCUT2D eigenvalue weighted by Crippen LogP contribution is 2.23. The standard InChI is InChI=1S/C22H24N2O4/c1-14-11-15(13-16(12-14)23-21(27)28-22(2,3)4)9-10-24-19(25)17-7-5-6-8-18(17)20(24)26/h5-8,11-13H,9-10H2,1-4H3,(H,23,27). The van der Waals surface area contributed by atoms with E-state index in [1.54, 1.807) is 45.0 Å². The van der Waals surface area contributed by atoms with Gasteiger partial charge in [-0.15, -0.1) is 0 Å². The third-order valence-corrected chi connectivity index (χ3v) is 4.28. The molecule has 0 saturated heterocycles. The van der Waals surface area contributed by atoms with Crippen LogP contribution in [0.2, 0.25) is 0 Å². The summed E-state index contributed by atoms with van der Waals surface area (Å²) in [5.41, 5.74) is 2.82. The summed E-state index contributed by atoms with van der Waals surface area (Å²) in [5, 5.41) is 2.73. The molecule has 146 valence electrons. The number of fused-ring (bicyclic) bond motifs is 1. The first-order valence-electron chi connectivity index (χ1n) is 9.20. The van der Waals surface area contributed by atoms with Gasteiger partial charge in [0.05, 0.1) is 11.1 Å². The fourth-order valence-electron chi connectivity index (χ4n) is 3.18. The molecule has 1 N–H and O–H groups in total. The zero-order valence-electron chi connectivity index (χ0n) is 16.5. The number of nitrogens with zero attached hydrogens (tertiary/aromatic N) is 1. The van der Waals surface area contributed by atoms with Crippen LogP contribution in [-0.4, -0.2) is 35.0 Å². The SMILES string of the molecule is Cc1cc(CCN2C(=O)c3ccccc3C2=O)cc(NC(=O)OC(C)(C)C)c1. The van der Waals surface area contributed by atoms with Crippen LogP contribution in [0, 0.1) is 6.92 Å². The first-order valence-corrected chi connectivity index (χ1v) is 9.20. The summed E-state index contributed by atoms with van der Waals surface area (Å²) in [6.07, 6.45) is -0.0275. The number of benzene rings is 2. The zero-order chi connectivity index (χ0) is 20.5. The molecule has 0 unspecified atom stereocenters. The lowest BCUT2D eigenvalue weighted by molar-refractivity contribution is 0.0630. The summed E-state index contributed by atoms with van der Waals surface area (Å²) in [6.45, 7) is 7.61. The molecule has 6 heteroatoms. The molecule has 6 nitrogen and oxygen atoms in total. The van der Waals surface area contributed by atoms with Crippen molar-refractivity contribution in [3.8, 4) is 0 Å². The molecular formula is C22H24N2O4. The Balaban J connectivity index is 1.69. The molecule has 0 aromatic heterocycles. The summed E-state index contributed by atoms with van der Waals surface area (Å²) >= 11 is 0. The Morgan fingerprint density at radius 2 is 1.64 bits per heavy atom. The first kappa shape index (κ1) is 19.6. The van der Waals surface area contributed by atoms with Gasteiger partial charge in [-0.2, -0.15) is 0 Å². The number of hydrogen-bond donors (Lipinski definition) is 1. The normalized spacial score (nSPS) is 13.5. The summed E-state index contributed by atoms with van der Waals surface area (Å²) in [5.74, 6) is -0.527. The van der Waals surface area contributed by atoms with Crippen molar-refractivity contribution in [2.45, 2.75) is 39.7 Å². The van der Waals surface area contributed by atoms with Crippen LogP contribution >= 0.6 is 0 Å². The molecule has 1 heterocycles. The van der Waals surface area contributed by atoms with Gasteiger partial charge in [0.25, 0.3) is 11.8 Å². The molecule has 0 aliphatic carbocycles. The van der Waals surface area contributed by atoms with E-state index in [4.69, 9.17) is 4.74 Å². The van der Waals surface area contributed by atoms with E-state index in [9.17, 15) is 14.4 Å². The summed E-state index contributed by atoms with van der Waals surface area (Å²) in [7, 11) is 0. The highest BCUT2D eigenvalue weighted by Gasteiger charge is 2.34. The number of ether oxygens (including phenoxy) is 1. The number of carbonyl (C=O) groups is 3. The maximum Gasteiger partial charge on any atom is 0.412 e. The van der Waals surface area contributed by atoms with E-state index in [0.717, 1.165) is 11.1 Å². The topological polar surface area (TPSA) is 75.7 Å². The van der Waals surface area contributed by atoms with Crippen LogP contribution in [0.4, 0.5) is 10.5 Å². The number of aryl methyl sites for hydroxylation is 1. The lowest BCUT2D eigenvalue weighted by Crippen LogP contribution is -2.31. The Labute approximate surface area is 164 Å². The highest BCUT2D eigenvalue weighted by molar-refractivity contribution is 6.21. The van der Waals surface area contributed by atoms with E-state index < -0.39 is 11.7 Å². The van der Waals surface area contributed by atoms with Gasteiger partial charge in [-0.25, -0.2) is 4.79 Å². The van der Waals surface area contributed by atoms with Crippen LogP contribution in [0.5, 0.6) is 0 Å². The lowest BCUT2D eigenvalue weighted by atomic mass is 10.1. The molecule has 0 saturated carbocycles. The second-order valence-corrected chi connectivity index (χ2v) is 7.89. The van der Waals surface area contributed by atoms with E-state index >= 15 is 0 Å². The van der Waals surface area contributed by atoms with Crippen molar-refractivity contribution in [1.82, 2.24) is 4.90 Å². The van der Waals surface area contributed by atoms with Gasteiger partial charge in [-0.05, 0) is 69.5 Å². The predicted molar refractivity (Wildman–Crippen MR) is 107 cm³/mol. The van der Waals surface area contributed by atoms with Crippen LogP contribution in [0.25, 0.3) is 0 Å². The van der Waals surface area contributed by atoms with Crippen molar-refractivity contribution in [2.75, 3.05) is 11.9 Å². The van der Waals surface area contributed by atoms with Crippen LogP contribution in [0.15, 0.2) is 42.5 Å². The number of hydrogen-bond acceptors (Lipinski definition) is 4. The molecule has 0 radical (unpaired) electrons. The van der Waals surface area contributed by atoms with Crippen molar-refractivity contribution in [2.24, 2.45) is 0 Å². The average molecular weight is 380 g/mol. The third kappa shape index (κ3) is 4.39. The average Bonchev–Trinajstić information content (AvgIpc) is 2.82. The van der Waals surface area contributed by atoms with Crippen molar-refractivity contribution in [1.29, 1.82) is 0 Å². The Morgan fingerprint density at radius 1 is 1.04 bits per heavy atom. The molecule has 0 fully saturated rings. The first-order chi connectivity index (χ1) is 13.1. The van der Waals surface area contributed by atoms with Gasteiger partial charge >= 0.3 is 6.09 Å². The molecule has 28 heavy (non-hydrogen) atoms. The van der Waals surface area contributed by atoms with Gasteiger partial charge < -0.3 is 4.74 Å². The summed E-state index contributed by atoms with van der Waals surface area (Å²) in [6, 6.07) is 12.5. The smallest absolute Gasteiger partial charge is 0.412 e. The molecule has 1 aliphatic rings. The quantitative estimate of drug-likeness (QED) is 0.808. The molecule has 0 atom stereocenters. The molecule has 2 aromatic rings. The predicted octanol–water partition coefficient (Wildman–Crippen LogP) is 4.18. The van der Waals surface area contributed by atoms with Gasteiger partial charge in [0, 0.05) is 12.2 Å². The van der Waals surface area contributed by atoms with Gasteiger partial charge in [0.15, 0.2) is 0 Å². The number of imide groups is 1. The Bertz CT molecular complexity index is 909. The van der Waals surface area contributed by atoms with Crippen LogP contribution < -0.4 is 5.32 Å². The molecular weight excluding hydrogens is 356 g/mol. The Kier molecular flexibility index (Phi) is 5.23. The van der Waals surface area contributed by atoms with Gasteiger partial charge in [0.1, 0.15) is 5.60 Å². The molecule has 0 bridgehead atoms. The number of nitrogens with one attached hydrogen (secondary N) is 1. The molecule has 3 amide bonds. The van der Waals surface area contributed by atoms with Crippen molar-refractivity contribution < 1.29 is 19.1 Å². The second kappa shape index (κ2) is 7.46. The van der Waals surface area contributed by atoms with Crippen LogP contribution in [-0.2, 0) is 11.2 Å². The highest BCUT2D eigenvalue weighted by atomic mass is 16.6. The molecule has 1 aliphatic heterocycles. The zero-order valence-corrected chi connectivity index (χ0v) is 16.5. The minimum atomic E-state index is -0.581. The Morgan fingerprint density at radius 3 is 2.21 bits per heavy atom. The van der Waals surface area contributed by atoms with Crippen molar-refractivity contribution in [3.05, 3.63) is 64.7 Å². The van der Waals surface area contributed by atoms with Crippen LogP contribution in [0.1, 0.15) is 52.6 Å². The monoisotopic (exact) mass is 380 g/mol. The van der Waals surface area contributed by atoms with Crippen LogP contribution in [0.3, 0.4) is 0 Å². The molecule has 3 rings (SSSR count). The van der Waals surface area contributed by atoms with E-state index in [0.29, 0.717) is 23.2 Å². The summed E-state index contributed by atoms with van der Waals surface area (Å²) in [4.78, 5) is 38.2. The fourth-order valence-corrected chi connectivity index (χ4v) is 3.18. The number of amides is 3. The minimum Gasteiger partial charge on any atom is -0.444 e. The minimum absolute atomic E-state index is 0.264. The van der Waals surface area contributed by atoms with Gasteiger partial charge in [0.2, 0.25) is 0 Å². The van der Waals surface area contributed by atoms with E-state index in [-0.39, 0.29) is 18.4 Å². The van der Waals surface area contributed by atoms with E-state index in [1.807, 2.05) is 25.1 Å². The molecule has 2 aromatic carbocycles. The lowest BCUT2D eigenvalue weighted by Gasteiger charge is -2.20.